The SMILES string of the molecule is C[C@@H](NC(=O)C(N)CN)C(=O)O. The highest BCUT2D eigenvalue weighted by atomic mass is 16.4. The lowest BCUT2D eigenvalue weighted by molar-refractivity contribution is -0.141. The number of carboxylic acid groups (broad SMARTS) is 1. The van der Waals surface area contributed by atoms with Gasteiger partial charge in [-0.3, -0.25) is 9.59 Å². The van der Waals surface area contributed by atoms with Gasteiger partial charge in [-0.25, -0.2) is 0 Å². The zero-order valence-corrected chi connectivity index (χ0v) is 6.78. The van der Waals surface area contributed by atoms with E-state index >= 15 is 0 Å². The van der Waals surface area contributed by atoms with Gasteiger partial charge >= 0.3 is 5.97 Å². The zero-order chi connectivity index (χ0) is 9.72. The molecule has 6 N–H and O–H groups in total. The van der Waals surface area contributed by atoms with Gasteiger partial charge in [-0.15, -0.1) is 0 Å². The minimum absolute atomic E-state index is 0.00181. The van der Waals surface area contributed by atoms with Gasteiger partial charge in [-0.2, -0.15) is 0 Å². The molecule has 1 unspecified atom stereocenters. The van der Waals surface area contributed by atoms with Crippen molar-refractivity contribution in [3.63, 3.8) is 0 Å². The molecular weight excluding hydrogens is 162 g/mol. The van der Waals surface area contributed by atoms with Crippen LogP contribution in [0.4, 0.5) is 0 Å². The summed E-state index contributed by atoms with van der Waals surface area (Å²) in [5, 5.41) is 10.6. The van der Waals surface area contributed by atoms with Gasteiger partial charge in [0.1, 0.15) is 6.04 Å². The van der Waals surface area contributed by atoms with Gasteiger partial charge in [0.2, 0.25) is 5.91 Å². The first kappa shape index (κ1) is 10.9. The number of carbonyl (C=O) groups excluding carboxylic acids is 1. The Balaban J connectivity index is 3.92. The molecule has 0 saturated heterocycles. The molecule has 0 rings (SSSR count). The van der Waals surface area contributed by atoms with E-state index in [1.165, 1.54) is 6.92 Å². The number of nitrogens with two attached hydrogens (primary N) is 2. The number of hydrogen-bond donors (Lipinski definition) is 4. The van der Waals surface area contributed by atoms with Gasteiger partial charge < -0.3 is 21.9 Å². The van der Waals surface area contributed by atoms with Crippen LogP contribution in [0.25, 0.3) is 0 Å². The molecule has 0 bridgehead atoms. The molecule has 12 heavy (non-hydrogen) atoms. The molecule has 0 aliphatic rings. The second-order valence-electron chi connectivity index (χ2n) is 2.41. The molecule has 6 nitrogen and oxygen atoms in total. The van der Waals surface area contributed by atoms with Gasteiger partial charge in [0.15, 0.2) is 0 Å². The van der Waals surface area contributed by atoms with Crippen LogP contribution < -0.4 is 16.8 Å². The number of aliphatic carboxylic acids is 1. The van der Waals surface area contributed by atoms with Gasteiger partial charge in [0.05, 0.1) is 6.04 Å². The van der Waals surface area contributed by atoms with Crippen LogP contribution in [0.5, 0.6) is 0 Å². The van der Waals surface area contributed by atoms with Crippen molar-refractivity contribution >= 4 is 11.9 Å². The van der Waals surface area contributed by atoms with Crippen LogP contribution in [0.1, 0.15) is 6.92 Å². The fourth-order valence-electron chi connectivity index (χ4n) is 0.489. The van der Waals surface area contributed by atoms with Crippen molar-refractivity contribution in [2.75, 3.05) is 6.54 Å². The molecule has 0 aliphatic carbocycles. The van der Waals surface area contributed by atoms with Gasteiger partial charge in [-0.05, 0) is 6.92 Å². The molecule has 0 heterocycles. The third-order valence-corrected chi connectivity index (χ3v) is 1.32. The summed E-state index contributed by atoms with van der Waals surface area (Å²) < 4.78 is 0. The lowest BCUT2D eigenvalue weighted by Gasteiger charge is -2.12. The number of rotatable bonds is 4. The van der Waals surface area contributed by atoms with Crippen molar-refractivity contribution in [3.8, 4) is 0 Å². The molecule has 0 aromatic heterocycles. The first-order valence-electron chi connectivity index (χ1n) is 3.48. The lowest BCUT2D eigenvalue weighted by Crippen LogP contribution is -2.50. The first-order chi connectivity index (χ1) is 5.49. The van der Waals surface area contributed by atoms with E-state index in [1.807, 2.05) is 0 Å². The predicted molar refractivity (Wildman–Crippen MR) is 42.3 cm³/mol. The fraction of sp³-hybridized carbons (Fsp3) is 0.667. The summed E-state index contributed by atoms with van der Waals surface area (Å²) in [7, 11) is 0. The van der Waals surface area contributed by atoms with Crippen molar-refractivity contribution in [2.45, 2.75) is 19.0 Å². The van der Waals surface area contributed by atoms with Gasteiger partial charge in [-0.1, -0.05) is 0 Å². The predicted octanol–water partition coefficient (Wildman–Crippen LogP) is -2.14. The number of carbonyl (C=O) groups is 2. The third-order valence-electron chi connectivity index (χ3n) is 1.32. The molecule has 0 saturated carbocycles. The summed E-state index contributed by atoms with van der Waals surface area (Å²) in [4.78, 5) is 21.2. The molecule has 0 aromatic carbocycles. The Hall–Kier alpha value is -1.14. The van der Waals surface area contributed by atoms with E-state index in [9.17, 15) is 9.59 Å². The highest BCUT2D eigenvalue weighted by Crippen LogP contribution is 1.83. The first-order valence-corrected chi connectivity index (χ1v) is 3.48. The summed E-state index contributed by atoms with van der Waals surface area (Å²) in [5.41, 5.74) is 10.3. The third kappa shape index (κ3) is 3.31. The summed E-state index contributed by atoms with van der Waals surface area (Å²) in [6.45, 7) is 1.35. The fourth-order valence-corrected chi connectivity index (χ4v) is 0.489. The monoisotopic (exact) mass is 175 g/mol. The molecule has 0 radical (unpaired) electrons. The Labute approximate surface area is 69.9 Å². The molecule has 70 valence electrons. The standard InChI is InChI=1S/C6H13N3O3/c1-3(6(11)12)9-5(10)4(8)2-7/h3-4H,2,7-8H2,1H3,(H,9,10)(H,11,12)/t3-,4?/m1/s1. The normalized spacial score (nSPS) is 14.9. The van der Waals surface area contributed by atoms with Crippen molar-refractivity contribution in [3.05, 3.63) is 0 Å². The summed E-state index contributed by atoms with van der Waals surface area (Å²) in [5.74, 6) is -1.65. The number of hydrogen-bond acceptors (Lipinski definition) is 4. The largest absolute Gasteiger partial charge is 0.480 e. The van der Waals surface area contributed by atoms with Crippen molar-refractivity contribution in [1.29, 1.82) is 0 Å². The Kier molecular flexibility index (Phi) is 4.24. The van der Waals surface area contributed by atoms with E-state index in [0.717, 1.165) is 0 Å². The van der Waals surface area contributed by atoms with Crippen LogP contribution in [0, 0.1) is 0 Å². The second-order valence-corrected chi connectivity index (χ2v) is 2.41. The van der Waals surface area contributed by atoms with Gasteiger partial charge in [0.25, 0.3) is 0 Å². The maximum atomic E-state index is 10.9. The summed E-state index contributed by atoms with van der Waals surface area (Å²) in [6.07, 6.45) is 0. The minimum atomic E-state index is -1.10. The molecule has 2 atom stereocenters. The van der Waals surface area contributed by atoms with E-state index in [2.05, 4.69) is 5.32 Å². The summed E-state index contributed by atoms with van der Waals surface area (Å²) in [6, 6.07) is -1.78. The van der Waals surface area contributed by atoms with Crippen LogP contribution in [0.3, 0.4) is 0 Å². The Bertz CT molecular complexity index is 183. The Morgan fingerprint density at radius 1 is 1.58 bits per heavy atom. The smallest absolute Gasteiger partial charge is 0.325 e. The van der Waals surface area contributed by atoms with Crippen LogP contribution in [-0.2, 0) is 9.59 Å². The second kappa shape index (κ2) is 4.68. The van der Waals surface area contributed by atoms with Crippen LogP contribution in [0.15, 0.2) is 0 Å². The number of carboxylic acids is 1. The molecule has 0 fully saturated rings. The molecule has 0 aromatic rings. The van der Waals surface area contributed by atoms with Crippen molar-refractivity contribution in [2.24, 2.45) is 11.5 Å². The maximum absolute atomic E-state index is 10.9. The minimum Gasteiger partial charge on any atom is -0.480 e. The van der Waals surface area contributed by atoms with E-state index in [1.54, 1.807) is 0 Å². The lowest BCUT2D eigenvalue weighted by atomic mass is 10.2. The average molecular weight is 175 g/mol. The molecular formula is C6H13N3O3. The zero-order valence-electron chi connectivity index (χ0n) is 6.78. The average Bonchev–Trinajstić information content (AvgIpc) is 2.02. The Morgan fingerprint density at radius 2 is 2.08 bits per heavy atom. The Morgan fingerprint density at radius 3 is 2.42 bits per heavy atom. The van der Waals surface area contributed by atoms with Gasteiger partial charge in [0, 0.05) is 6.54 Å². The van der Waals surface area contributed by atoms with Crippen LogP contribution in [0.2, 0.25) is 0 Å². The van der Waals surface area contributed by atoms with Crippen LogP contribution >= 0.6 is 0 Å². The van der Waals surface area contributed by atoms with Crippen molar-refractivity contribution in [1.82, 2.24) is 5.32 Å². The van der Waals surface area contributed by atoms with Crippen molar-refractivity contribution < 1.29 is 14.7 Å². The highest BCUT2D eigenvalue weighted by molar-refractivity contribution is 5.86. The number of nitrogens with one attached hydrogen (secondary N) is 1. The maximum Gasteiger partial charge on any atom is 0.325 e. The molecule has 1 amide bonds. The van der Waals surface area contributed by atoms with E-state index in [0.29, 0.717) is 0 Å². The summed E-state index contributed by atoms with van der Waals surface area (Å²) >= 11 is 0. The van der Waals surface area contributed by atoms with E-state index < -0.39 is 24.0 Å². The highest BCUT2D eigenvalue weighted by Gasteiger charge is 2.17. The van der Waals surface area contributed by atoms with E-state index in [-0.39, 0.29) is 6.54 Å². The quantitative estimate of drug-likeness (QED) is 0.389. The molecule has 0 aliphatic heterocycles. The topological polar surface area (TPSA) is 118 Å². The van der Waals surface area contributed by atoms with Crippen LogP contribution in [-0.4, -0.2) is 35.6 Å². The molecule has 6 heteroatoms. The number of amides is 1. The van der Waals surface area contributed by atoms with E-state index in [4.69, 9.17) is 16.6 Å². The molecule has 0 spiro atoms.